The molecular formula is C14H13ClN4O2S. The maximum Gasteiger partial charge on any atom is 0.247 e. The minimum absolute atomic E-state index is 0.476. The Balaban J connectivity index is 1.84. The molecule has 0 aliphatic rings. The third-order valence-corrected chi connectivity index (χ3v) is 4.07. The lowest BCUT2D eigenvalue weighted by Crippen LogP contribution is -2.00. The summed E-state index contributed by atoms with van der Waals surface area (Å²) < 4.78 is 11.3. The third kappa shape index (κ3) is 3.20. The Kier molecular flexibility index (Phi) is 4.26. The molecule has 114 valence electrons. The number of rotatable bonds is 5. The molecule has 2 aromatic heterocycles. The predicted molar refractivity (Wildman–Crippen MR) is 85.5 cm³/mol. The number of aromatic nitrogens is 3. The Morgan fingerprint density at radius 3 is 2.86 bits per heavy atom. The van der Waals surface area contributed by atoms with Gasteiger partial charge in [-0.3, -0.25) is 0 Å². The quantitative estimate of drug-likeness (QED) is 0.764. The molecule has 1 aromatic carbocycles. The lowest BCUT2D eigenvalue weighted by atomic mass is 10.2. The Labute approximate surface area is 136 Å². The standard InChI is InChI=1S/C14H13ClN4O2S/c1-8-18-19-13(21-8)9-3-4-12(20-2)11(5-9)16-6-10-7-17-14(15)22-10/h3-5,7,16H,6H2,1-2H3. The molecule has 6 nitrogen and oxygen atoms in total. The van der Waals surface area contributed by atoms with Crippen molar-refractivity contribution < 1.29 is 9.15 Å². The van der Waals surface area contributed by atoms with Crippen molar-refractivity contribution in [1.82, 2.24) is 15.2 Å². The van der Waals surface area contributed by atoms with Gasteiger partial charge in [0.05, 0.1) is 19.3 Å². The zero-order chi connectivity index (χ0) is 15.5. The van der Waals surface area contributed by atoms with Gasteiger partial charge < -0.3 is 14.5 Å². The van der Waals surface area contributed by atoms with Gasteiger partial charge in [0.15, 0.2) is 4.47 Å². The molecule has 0 saturated carbocycles. The Hall–Kier alpha value is -2.12. The molecular weight excluding hydrogens is 324 g/mol. The van der Waals surface area contributed by atoms with Crippen molar-refractivity contribution in [3.05, 3.63) is 39.6 Å². The third-order valence-electron chi connectivity index (χ3n) is 2.95. The summed E-state index contributed by atoms with van der Waals surface area (Å²) in [6.45, 7) is 2.36. The Morgan fingerprint density at radius 1 is 1.36 bits per heavy atom. The van der Waals surface area contributed by atoms with Gasteiger partial charge in [0.25, 0.3) is 0 Å². The molecule has 0 radical (unpaired) electrons. The van der Waals surface area contributed by atoms with Crippen molar-refractivity contribution in [2.24, 2.45) is 0 Å². The SMILES string of the molecule is COc1ccc(-c2nnc(C)o2)cc1NCc1cnc(Cl)s1. The van der Waals surface area contributed by atoms with E-state index in [-0.39, 0.29) is 0 Å². The van der Waals surface area contributed by atoms with Crippen LogP contribution < -0.4 is 10.1 Å². The van der Waals surface area contributed by atoms with Crippen molar-refractivity contribution in [3.8, 4) is 17.2 Å². The maximum absolute atomic E-state index is 5.84. The number of anilines is 1. The van der Waals surface area contributed by atoms with Crippen LogP contribution in [0.2, 0.25) is 4.47 Å². The van der Waals surface area contributed by atoms with E-state index >= 15 is 0 Å². The zero-order valence-corrected chi connectivity index (χ0v) is 13.5. The smallest absolute Gasteiger partial charge is 0.247 e. The Bertz CT molecular complexity index is 787. The van der Waals surface area contributed by atoms with E-state index in [0.717, 1.165) is 21.9 Å². The van der Waals surface area contributed by atoms with Crippen molar-refractivity contribution in [2.45, 2.75) is 13.5 Å². The number of halogens is 1. The highest BCUT2D eigenvalue weighted by Crippen LogP contribution is 2.31. The topological polar surface area (TPSA) is 73.1 Å². The summed E-state index contributed by atoms with van der Waals surface area (Å²) in [5.41, 5.74) is 1.66. The van der Waals surface area contributed by atoms with Crippen LogP contribution in [0.25, 0.3) is 11.5 Å². The van der Waals surface area contributed by atoms with Gasteiger partial charge in [0.2, 0.25) is 11.8 Å². The van der Waals surface area contributed by atoms with Crippen molar-refractivity contribution in [1.29, 1.82) is 0 Å². The van der Waals surface area contributed by atoms with Crippen LogP contribution in [0.3, 0.4) is 0 Å². The summed E-state index contributed by atoms with van der Waals surface area (Å²) in [5.74, 6) is 1.74. The molecule has 3 aromatic rings. The molecule has 0 atom stereocenters. The number of thiazole rings is 1. The van der Waals surface area contributed by atoms with E-state index in [9.17, 15) is 0 Å². The molecule has 0 spiro atoms. The first kappa shape index (κ1) is 14.8. The number of nitrogens with one attached hydrogen (secondary N) is 1. The number of methoxy groups -OCH3 is 1. The Morgan fingerprint density at radius 2 is 2.23 bits per heavy atom. The van der Waals surface area contributed by atoms with Crippen molar-refractivity contribution in [2.75, 3.05) is 12.4 Å². The van der Waals surface area contributed by atoms with Crippen LogP contribution in [0.1, 0.15) is 10.8 Å². The highest BCUT2D eigenvalue weighted by Gasteiger charge is 2.11. The molecule has 0 amide bonds. The summed E-state index contributed by atoms with van der Waals surface area (Å²) in [4.78, 5) is 5.05. The first-order valence-corrected chi connectivity index (χ1v) is 7.68. The number of benzene rings is 1. The number of nitrogens with zero attached hydrogens (tertiary/aromatic N) is 3. The van der Waals surface area contributed by atoms with Crippen molar-refractivity contribution >= 4 is 28.6 Å². The average molecular weight is 337 g/mol. The number of hydrogen-bond donors (Lipinski definition) is 1. The number of aryl methyl sites for hydroxylation is 1. The van der Waals surface area contributed by atoms with E-state index in [4.69, 9.17) is 20.8 Å². The molecule has 1 N–H and O–H groups in total. The molecule has 0 aliphatic carbocycles. The molecule has 22 heavy (non-hydrogen) atoms. The van der Waals surface area contributed by atoms with Gasteiger partial charge in [0.1, 0.15) is 5.75 Å². The highest BCUT2D eigenvalue weighted by atomic mass is 35.5. The lowest BCUT2D eigenvalue weighted by Gasteiger charge is -2.11. The molecule has 0 aliphatic heterocycles. The fraction of sp³-hybridized carbons (Fsp3) is 0.214. The second-order valence-electron chi connectivity index (χ2n) is 4.47. The van der Waals surface area contributed by atoms with Gasteiger partial charge >= 0.3 is 0 Å². The average Bonchev–Trinajstić information content (AvgIpc) is 3.13. The highest BCUT2D eigenvalue weighted by molar-refractivity contribution is 7.15. The summed E-state index contributed by atoms with van der Waals surface area (Å²) >= 11 is 7.27. The van der Waals surface area contributed by atoms with Crippen molar-refractivity contribution in [3.63, 3.8) is 0 Å². The van der Waals surface area contributed by atoms with E-state index in [0.29, 0.717) is 22.8 Å². The van der Waals surface area contributed by atoms with Gasteiger partial charge in [-0.15, -0.1) is 21.5 Å². The van der Waals surface area contributed by atoms with E-state index in [2.05, 4.69) is 20.5 Å². The second kappa shape index (κ2) is 6.33. The second-order valence-corrected chi connectivity index (χ2v) is 6.17. The van der Waals surface area contributed by atoms with Gasteiger partial charge in [-0.05, 0) is 18.2 Å². The van der Waals surface area contributed by atoms with E-state index in [1.807, 2.05) is 18.2 Å². The van der Waals surface area contributed by atoms with Crippen LogP contribution in [0, 0.1) is 6.92 Å². The molecule has 8 heteroatoms. The first-order valence-electron chi connectivity index (χ1n) is 6.48. The number of hydrogen-bond acceptors (Lipinski definition) is 7. The molecule has 3 rings (SSSR count). The molecule has 0 fully saturated rings. The molecule has 0 bridgehead atoms. The van der Waals surface area contributed by atoms with E-state index < -0.39 is 0 Å². The van der Waals surface area contributed by atoms with Crippen LogP contribution in [0.4, 0.5) is 5.69 Å². The lowest BCUT2D eigenvalue weighted by molar-refractivity contribution is 0.416. The summed E-state index contributed by atoms with van der Waals surface area (Å²) in [5, 5.41) is 11.2. The summed E-state index contributed by atoms with van der Waals surface area (Å²) in [6.07, 6.45) is 1.75. The first-order chi connectivity index (χ1) is 10.7. The van der Waals surface area contributed by atoms with Gasteiger partial charge in [-0.25, -0.2) is 4.98 Å². The largest absolute Gasteiger partial charge is 0.495 e. The molecule has 0 unspecified atom stereocenters. The summed E-state index contributed by atoms with van der Waals surface area (Å²) in [7, 11) is 1.63. The van der Waals surface area contributed by atoms with Crippen LogP contribution in [-0.2, 0) is 6.54 Å². The fourth-order valence-electron chi connectivity index (χ4n) is 1.94. The predicted octanol–water partition coefficient (Wildman–Crippen LogP) is 3.78. The fourth-order valence-corrected chi connectivity index (χ4v) is 2.86. The van der Waals surface area contributed by atoms with Gasteiger partial charge in [0, 0.05) is 23.6 Å². The maximum atomic E-state index is 5.84. The zero-order valence-electron chi connectivity index (χ0n) is 12.0. The van der Waals surface area contributed by atoms with Crippen LogP contribution in [0.5, 0.6) is 5.75 Å². The van der Waals surface area contributed by atoms with Crippen LogP contribution in [0.15, 0.2) is 28.8 Å². The molecule has 0 saturated heterocycles. The normalized spacial score (nSPS) is 10.7. The van der Waals surface area contributed by atoms with E-state index in [1.165, 1.54) is 11.3 Å². The van der Waals surface area contributed by atoms with Crippen LogP contribution >= 0.6 is 22.9 Å². The monoisotopic (exact) mass is 336 g/mol. The summed E-state index contributed by atoms with van der Waals surface area (Å²) in [6, 6.07) is 5.64. The minimum atomic E-state index is 0.476. The van der Waals surface area contributed by atoms with E-state index in [1.54, 1.807) is 20.2 Å². The van der Waals surface area contributed by atoms with Gasteiger partial charge in [-0.2, -0.15) is 0 Å². The van der Waals surface area contributed by atoms with Crippen LogP contribution in [-0.4, -0.2) is 22.3 Å². The molecule has 2 heterocycles. The number of ether oxygens (including phenoxy) is 1. The van der Waals surface area contributed by atoms with Gasteiger partial charge in [-0.1, -0.05) is 11.6 Å². The minimum Gasteiger partial charge on any atom is -0.495 e.